The van der Waals surface area contributed by atoms with Crippen molar-refractivity contribution >= 4 is 49.0 Å². The molecule has 4 N–H and O–H groups in total. The molecule has 13 heteroatoms. The molecule has 1 aromatic carbocycles. The lowest BCUT2D eigenvalue weighted by molar-refractivity contribution is 0.100. The minimum atomic E-state index is -3.54. The van der Waals surface area contributed by atoms with Gasteiger partial charge in [-0.15, -0.1) is 11.3 Å². The molecule has 2 atom stereocenters. The Labute approximate surface area is 193 Å². The maximum atomic E-state index is 14.0. The molecule has 3 aromatic rings. The van der Waals surface area contributed by atoms with Crippen molar-refractivity contribution in [2.24, 2.45) is 5.73 Å². The molecular weight excluding hydrogens is 473 g/mol. The van der Waals surface area contributed by atoms with Gasteiger partial charge in [0.2, 0.25) is 10.0 Å². The average molecular weight is 496 g/mol. The number of sulfonamides is 1. The number of aliphatic hydroxyl groups excluding tert-OH is 1. The van der Waals surface area contributed by atoms with Gasteiger partial charge in [-0.1, -0.05) is 0 Å². The number of amides is 1. The summed E-state index contributed by atoms with van der Waals surface area (Å²) in [5.41, 5.74) is 6.47. The number of rotatable bonds is 7. The maximum Gasteiger partial charge on any atom is 0.259 e. The van der Waals surface area contributed by atoms with Crippen molar-refractivity contribution in [2.75, 3.05) is 24.7 Å². The van der Waals surface area contributed by atoms with Gasteiger partial charge in [0.1, 0.15) is 34.6 Å². The summed E-state index contributed by atoms with van der Waals surface area (Å²) in [6, 6.07) is 3.30. The number of benzene rings is 1. The van der Waals surface area contributed by atoms with Crippen LogP contribution in [0.3, 0.4) is 0 Å². The molecule has 2 aromatic heterocycles. The number of halogens is 1. The van der Waals surface area contributed by atoms with Crippen LogP contribution >= 0.6 is 11.3 Å². The van der Waals surface area contributed by atoms with Crippen molar-refractivity contribution in [3.05, 3.63) is 40.8 Å². The molecule has 3 heterocycles. The molecule has 0 unspecified atom stereocenters. The Kier molecular flexibility index (Phi) is 6.22. The quantitative estimate of drug-likeness (QED) is 0.449. The third kappa shape index (κ3) is 4.62. The monoisotopic (exact) mass is 495 g/mol. The normalized spacial score (nSPS) is 19.2. The number of nitrogens with two attached hydrogens (primary N) is 1. The molecule has 1 saturated heterocycles. The number of carbonyl (C=O) groups is 1. The molecule has 0 aliphatic carbocycles. The molecule has 0 saturated carbocycles. The van der Waals surface area contributed by atoms with Crippen molar-refractivity contribution in [1.82, 2.24) is 14.3 Å². The maximum absolute atomic E-state index is 14.0. The van der Waals surface area contributed by atoms with Gasteiger partial charge in [-0.05, 0) is 24.6 Å². The molecule has 0 spiro atoms. The van der Waals surface area contributed by atoms with Crippen LogP contribution in [0, 0.1) is 12.7 Å². The predicted octanol–water partition coefficient (Wildman–Crippen LogP) is 1.75. The highest BCUT2D eigenvalue weighted by Crippen LogP contribution is 2.37. The number of hydrogen-bond donors (Lipinski definition) is 3. The van der Waals surface area contributed by atoms with E-state index in [4.69, 9.17) is 10.5 Å². The van der Waals surface area contributed by atoms with Gasteiger partial charge in [0.25, 0.3) is 5.91 Å². The number of carbonyl (C=O) groups excluding carboxylic acids is 1. The molecule has 1 amide bonds. The fourth-order valence-electron chi connectivity index (χ4n) is 3.91. The number of hydrogen-bond acceptors (Lipinski definition) is 9. The van der Waals surface area contributed by atoms with E-state index in [0.29, 0.717) is 32.2 Å². The van der Waals surface area contributed by atoms with Gasteiger partial charge in [-0.2, -0.15) is 4.31 Å². The van der Waals surface area contributed by atoms with Gasteiger partial charge in [-0.25, -0.2) is 22.8 Å². The minimum Gasteiger partial charge on any atom is -0.487 e. The van der Waals surface area contributed by atoms with Crippen LogP contribution in [0.1, 0.15) is 21.7 Å². The third-order valence-corrected chi connectivity index (χ3v) is 7.92. The van der Waals surface area contributed by atoms with E-state index in [1.165, 1.54) is 28.8 Å². The number of anilines is 2. The van der Waals surface area contributed by atoms with Crippen LogP contribution in [0.2, 0.25) is 0 Å². The first-order chi connectivity index (χ1) is 15.6. The summed E-state index contributed by atoms with van der Waals surface area (Å²) in [6.07, 6.45) is 2.07. The number of aryl methyl sites for hydroxylation is 1. The number of primary amides is 1. The van der Waals surface area contributed by atoms with Crippen LogP contribution < -0.4 is 15.8 Å². The van der Waals surface area contributed by atoms with Crippen LogP contribution in [-0.2, 0) is 10.0 Å². The topological polar surface area (TPSA) is 148 Å². The van der Waals surface area contributed by atoms with E-state index in [-0.39, 0.29) is 25.3 Å². The van der Waals surface area contributed by atoms with Gasteiger partial charge in [0.05, 0.1) is 41.4 Å². The summed E-state index contributed by atoms with van der Waals surface area (Å²) < 4.78 is 45.2. The Bertz CT molecular complexity index is 1330. The second kappa shape index (κ2) is 8.82. The Morgan fingerprint density at radius 2 is 2.18 bits per heavy atom. The van der Waals surface area contributed by atoms with Crippen LogP contribution in [-0.4, -0.2) is 65.3 Å². The number of aromatic nitrogens is 2. The Morgan fingerprint density at radius 3 is 2.82 bits per heavy atom. The Balaban J connectivity index is 1.66. The van der Waals surface area contributed by atoms with Crippen LogP contribution in [0.5, 0.6) is 5.75 Å². The molecule has 4 rings (SSSR count). The van der Waals surface area contributed by atoms with E-state index in [2.05, 4.69) is 15.3 Å². The van der Waals surface area contributed by atoms with Crippen molar-refractivity contribution in [3.63, 3.8) is 0 Å². The summed E-state index contributed by atoms with van der Waals surface area (Å²) in [7, 11) is -3.54. The highest BCUT2D eigenvalue weighted by molar-refractivity contribution is 7.88. The molecule has 1 aliphatic heterocycles. The van der Waals surface area contributed by atoms with E-state index in [1.807, 2.05) is 0 Å². The first kappa shape index (κ1) is 23.3. The molecule has 0 radical (unpaired) electrons. The van der Waals surface area contributed by atoms with Crippen LogP contribution in [0.25, 0.3) is 10.2 Å². The second-order valence-corrected chi connectivity index (χ2v) is 10.7. The van der Waals surface area contributed by atoms with Gasteiger partial charge in [0, 0.05) is 12.5 Å². The minimum absolute atomic E-state index is 0.0311. The standard InChI is InChI=1S/C20H22FN5O5S2/c1-10-16-19(23-9-24-20(16)32-17(10)18(22)28)25-14-4-3-11(21)5-15(14)31-13-6-12(8-27)26(7-13)33(2,29)30/h3-5,9,12-13,27H,6-8H2,1-2H3,(H2,22,28)(H,23,24,25)/t12-,13-/m0/s1. The zero-order chi connectivity index (χ0) is 23.9. The van der Waals surface area contributed by atoms with E-state index in [0.717, 1.165) is 17.6 Å². The lowest BCUT2D eigenvalue weighted by Gasteiger charge is -2.19. The highest BCUT2D eigenvalue weighted by atomic mass is 32.2. The summed E-state index contributed by atoms with van der Waals surface area (Å²) in [4.78, 5) is 21.1. The summed E-state index contributed by atoms with van der Waals surface area (Å²) in [5, 5.41) is 13.3. The predicted molar refractivity (Wildman–Crippen MR) is 122 cm³/mol. The molecule has 33 heavy (non-hydrogen) atoms. The van der Waals surface area contributed by atoms with E-state index in [9.17, 15) is 22.7 Å². The highest BCUT2D eigenvalue weighted by Gasteiger charge is 2.38. The fraction of sp³-hybridized carbons (Fsp3) is 0.350. The molecule has 10 nitrogen and oxygen atoms in total. The zero-order valence-electron chi connectivity index (χ0n) is 17.8. The fourth-order valence-corrected chi connectivity index (χ4v) is 6.04. The number of nitrogens with zero attached hydrogens (tertiary/aromatic N) is 3. The lowest BCUT2D eigenvalue weighted by Crippen LogP contribution is -2.37. The van der Waals surface area contributed by atoms with Gasteiger partial charge in [0.15, 0.2) is 0 Å². The second-order valence-electron chi connectivity index (χ2n) is 7.73. The van der Waals surface area contributed by atoms with Crippen molar-refractivity contribution in [1.29, 1.82) is 0 Å². The van der Waals surface area contributed by atoms with Crippen molar-refractivity contribution < 1.29 is 27.4 Å². The van der Waals surface area contributed by atoms with Crippen LogP contribution in [0.4, 0.5) is 15.9 Å². The third-order valence-electron chi connectivity index (χ3n) is 5.40. The van der Waals surface area contributed by atoms with Gasteiger partial charge < -0.3 is 20.9 Å². The number of thiophene rings is 1. The molecule has 176 valence electrons. The molecule has 1 fully saturated rings. The van der Waals surface area contributed by atoms with E-state index < -0.39 is 33.9 Å². The SMILES string of the molecule is Cc1c(C(N)=O)sc2ncnc(Nc3ccc(F)cc3O[C@H]3C[C@@H](CO)N(S(C)(=O)=O)C3)c12. The van der Waals surface area contributed by atoms with E-state index >= 15 is 0 Å². The first-order valence-electron chi connectivity index (χ1n) is 9.93. The molecule has 1 aliphatic rings. The molecular formula is C20H22FN5O5S2. The summed E-state index contributed by atoms with van der Waals surface area (Å²) in [6.45, 7) is 1.42. The van der Waals surface area contributed by atoms with Crippen molar-refractivity contribution in [2.45, 2.75) is 25.5 Å². The number of nitrogens with one attached hydrogen (secondary N) is 1. The van der Waals surface area contributed by atoms with Gasteiger partial charge >= 0.3 is 0 Å². The molecule has 0 bridgehead atoms. The van der Waals surface area contributed by atoms with Gasteiger partial charge in [-0.3, -0.25) is 4.79 Å². The summed E-state index contributed by atoms with van der Waals surface area (Å²) in [5.74, 6) is -0.568. The number of fused-ring (bicyclic) bond motifs is 1. The average Bonchev–Trinajstić information content (AvgIpc) is 3.31. The number of aliphatic hydroxyl groups is 1. The smallest absolute Gasteiger partial charge is 0.259 e. The van der Waals surface area contributed by atoms with E-state index in [1.54, 1.807) is 6.92 Å². The Hall–Kier alpha value is -2.87. The van der Waals surface area contributed by atoms with Crippen molar-refractivity contribution in [3.8, 4) is 5.75 Å². The lowest BCUT2D eigenvalue weighted by atomic mass is 10.2. The zero-order valence-corrected chi connectivity index (χ0v) is 19.4. The summed E-state index contributed by atoms with van der Waals surface area (Å²) >= 11 is 1.15. The Morgan fingerprint density at radius 1 is 1.42 bits per heavy atom. The first-order valence-corrected chi connectivity index (χ1v) is 12.6. The number of ether oxygens (including phenoxy) is 1. The largest absolute Gasteiger partial charge is 0.487 e. The van der Waals surface area contributed by atoms with Crippen LogP contribution in [0.15, 0.2) is 24.5 Å².